The van der Waals surface area contributed by atoms with Gasteiger partial charge in [-0.25, -0.2) is 0 Å². The van der Waals surface area contributed by atoms with Gasteiger partial charge in [-0.2, -0.15) is 0 Å². The van der Waals surface area contributed by atoms with E-state index in [0.717, 1.165) is 0 Å². The van der Waals surface area contributed by atoms with Gasteiger partial charge in [0, 0.05) is 11.5 Å². The summed E-state index contributed by atoms with van der Waals surface area (Å²) in [5.74, 6) is -0.840. The number of aliphatic carboxylic acids is 1. The van der Waals surface area contributed by atoms with Gasteiger partial charge in [0.05, 0.1) is 19.6 Å². The third kappa shape index (κ3) is 1.77. The number of rotatable bonds is 3. The molecule has 82 valence electrons. The number of carboxylic acids is 1. The van der Waals surface area contributed by atoms with Crippen LogP contribution in [0.25, 0.3) is 0 Å². The third-order valence-corrected chi connectivity index (χ3v) is 3.32. The first-order valence-electron chi connectivity index (χ1n) is 4.85. The molecule has 0 saturated carbocycles. The maximum absolute atomic E-state index is 10.6. The fraction of sp³-hybridized carbons (Fsp3) is 0.900. The summed E-state index contributed by atoms with van der Waals surface area (Å²) in [4.78, 5) is 10.6. The molecule has 1 saturated heterocycles. The minimum absolute atomic E-state index is 0.0138. The molecule has 1 aliphatic heterocycles. The first kappa shape index (κ1) is 11.5. The normalized spacial score (nSPS) is 22.6. The van der Waals surface area contributed by atoms with E-state index in [1.54, 1.807) is 0 Å². The van der Waals surface area contributed by atoms with Crippen LogP contribution in [0.1, 0.15) is 27.2 Å². The molecule has 14 heavy (non-hydrogen) atoms. The zero-order valence-corrected chi connectivity index (χ0v) is 9.04. The number of ether oxygens (including phenoxy) is 1. The molecular weight excluding hydrogens is 182 g/mol. The topological polar surface area (TPSA) is 72.6 Å². The number of carboxylic acid groups (broad SMARTS) is 1. The first-order valence-corrected chi connectivity index (χ1v) is 4.85. The number of hydrogen-bond acceptors (Lipinski definition) is 3. The molecule has 3 N–H and O–H groups in total. The Morgan fingerprint density at radius 1 is 1.57 bits per heavy atom. The van der Waals surface area contributed by atoms with E-state index in [4.69, 9.17) is 15.6 Å². The summed E-state index contributed by atoms with van der Waals surface area (Å²) >= 11 is 0. The van der Waals surface area contributed by atoms with Crippen molar-refractivity contribution in [3.63, 3.8) is 0 Å². The van der Waals surface area contributed by atoms with E-state index in [0.29, 0.717) is 13.2 Å². The Balaban J connectivity index is 2.75. The van der Waals surface area contributed by atoms with Gasteiger partial charge in [0.25, 0.3) is 0 Å². The molecule has 1 unspecified atom stereocenters. The lowest BCUT2D eigenvalue weighted by atomic mass is 9.60. The molecule has 4 nitrogen and oxygen atoms in total. The summed E-state index contributed by atoms with van der Waals surface area (Å²) in [5, 5.41) is 8.71. The van der Waals surface area contributed by atoms with E-state index in [-0.39, 0.29) is 23.3 Å². The second-order valence-electron chi connectivity index (χ2n) is 5.10. The van der Waals surface area contributed by atoms with Crippen molar-refractivity contribution in [3.8, 4) is 0 Å². The molecule has 1 aliphatic rings. The van der Waals surface area contributed by atoms with Crippen LogP contribution in [0.5, 0.6) is 0 Å². The van der Waals surface area contributed by atoms with E-state index in [2.05, 4.69) is 20.8 Å². The summed E-state index contributed by atoms with van der Waals surface area (Å²) in [6.07, 6.45) is 0.0145. The van der Waals surface area contributed by atoms with Crippen LogP contribution in [0.15, 0.2) is 0 Å². The van der Waals surface area contributed by atoms with E-state index >= 15 is 0 Å². The van der Waals surface area contributed by atoms with E-state index in [1.165, 1.54) is 0 Å². The zero-order chi connectivity index (χ0) is 11.0. The molecule has 0 spiro atoms. The van der Waals surface area contributed by atoms with Crippen molar-refractivity contribution in [2.75, 3.05) is 13.2 Å². The monoisotopic (exact) mass is 201 g/mol. The SMILES string of the molecule is CC(C)(C)C1(C(N)CC(=O)O)COC1. The van der Waals surface area contributed by atoms with Crippen LogP contribution in [0, 0.1) is 10.8 Å². The van der Waals surface area contributed by atoms with Crippen LogP contribution < -0.4 is 5.73 Å². The number of nitrogens with two attached hydrogens (primary N) is 1. The van der Waals surface area contributed by atoms with Crippen molar-refractivity contribution >= 4 is 5.97 Å². The van der Waals surface area contributed by atoms with Crippen molar-refractivity contribution in [3.05, 3.63) is 0 Å². The molecule has 0 aliphatic carbocycles. The van der Waals surface area contributed by atoms with Crippen LogP contribution in [0.4, 0.5) is 0 Å². The van der Waals surface area contributed by atoms with Gasteiger partial charge >= 0.3 is 5.97 Å². The van der Waals surface area contributed by atoms with Crippen LogP contribution in [0.3, 0.4) is 0 Å². The molecule has 0 amide bonds. The fourth-order valence-electron chi connectivity index (χ4n) is 1.91. The van der Waals surface area contributed by atoms with Crippen molar-refractivity contribution in [1.29, 1.82) is 0 Å². The summed E-state index contributed by atoms with van der Waals surface area (Å²) in [5.41, 5.74) is 5.75. The Hall–Kier alpha value is -0.610. The van der Waals surface area contributed by atoms with Crippen LogP contribution in [0.2, 0.25) is 0 Å². The zero-order valence-electron chi connectivity index (χ0n) is 9.04. The molecule has 1 atom stereocenters. The van der Waals surface area contributed by atoms with Gasteiger partial charge in [-0.1, -0.05) is 20.8 Å². The van der Waals surface area contributed by atoms with Crippen LogP contribution >= 0.6 is 0 Å². The lowest BCUT2D eigenvalue weighted by Gasteiger charge is -2.54. The first-order chi connectivity index (χ1) is 6.29. The molecule has 1 heterocycles. The van der Waals surface area contributed by atoms with Gasteiger partial charge < -0.3 is 15.6 Å². The average Bonchev–Trinajstić information content (AvgIpc) is 1.76. The van der Waals surface area contributed by atoms with Crippen LogP contribution in [-0.4, -0.2) is 30.3 Å². The van der Waals surface area contributed by atoms with Crippen LogP contribution in [-0.2, 0) is 9.53 Å². The predicted octanol–water partition coefficient (Wildman–Crippen LogP) is 0.851. The molecule has 0 radical (unpaired) electrons. The highest BCUT2D eigenvalue weighted by Crippen LogP contribution is 2.47. The minimum atomic E-state index is -0.840. The number of carbonyl (C=O) groups is 1. The summed E-state index contributed by atoms with van der Waals surface area (Å²) in [6, 6.07) is -0.325. The van der Waals surface area contributed by atoms with Crippen molar-refractivity contribution in [2.24, 2.45) is 16.6 Å². The Morgan fingerprint density at radius 2 is 2.07 bits per heavy atom. The third-order valence-electron chi connectivity index (χ3n) is 3.32. The largest absolute Gasteiger partial charge is 0.481 e. The molecule has 1 fully saturated rings. The molecular formula is C10H19NO3. The second kappa shape index (κ2) is 3.51. The average molecular weight is 201 g/mol. The van der Waals surface area contributed by atoms with E-state index in [9.17, 15) is 4.79 Å². The summed E-state index contributed by atoms with van der Waals surface area (Å²) in [6.45, 7) is 7.39. The van der Waals surface area contributed by atoms with Crippen molar-refractivity contribution in [1.82, 2.24) is 0 Å². The summed E-state index contributed by atoms with van der Waals surface area (Å²) in [7, 11) is 0. The minimum Gasteiger partial charge on any atom is -0.481 e. The Bertz CT molecular complexity index is 228. The smallest absolute Gasteiger partial charge is 0.304 e. The molecule has 4 heteroatoms. The van der Waals surface area contributed by atoms with E-state index in [1.807, 2.05) is 0 Å². The highest BCUT2D eigenvalue weighted by molar-refractivity contribution is 5.67. The van der Waals surface area contributed by atoms with Gasteiger partial charge in [0.15, 0.2) is 0 Å². The fourth-order valence-corrected chi connectivity index (χ4v) is 1.91. The van der Waals surface area contributed by atoms with Gasteiger partial charge in [-0.15, -0.1) is 0 Å². The molecule has 0 aromatic rings. The van der Waals surface area contributed by atoms with Gasteiger partial charge in [0.1, 0.15) is 0 Å². The molecule has 1 rings (SSSR count). The maximum atomic E-state index is 10.6. The second-order valence-corrected chi connectivity index (χ2v) is 5.10. The lowest BCUT2D eigenvalue weighted by molar-refractivity contribution is -0.186. The quantitative estimate of drug-likeness (QED) is 0.710. The van der Waals surface area contributed by atoms with Crippen molar-refractivity contribution < 1.29 is 14.6 Å². The lowest BCUT2D eigenvalue weighted by Crippen LogP contribution is -2.62. The highest BCUT2D eigenvalue weighted by atomic mass is 16.5. The molecule has 0 aromatic heterocycles. The van der Waals surface area contributed by atoms with Crippen molar-refractivity contribution in [2.45, 2.75) is 33.2 Å². The van der Waals surface area contributed by atoms with Gasteiger partial charge in [-0.3, -0.25) is 4.79 Å². The highest BCUT2D eigenvalue weighted by Gasteiger charge is 2.52. The Morgan fingerprint density at radius 3 is 2.29 bits per heavy atom. The number of hydrogen-bond donors (Lipinski definition) is 2. The Labute approximate surface area is 84.4 Å². The molecule has 0 aromatic carbocycles. The van der Waals surface area contributed by atoms with E-state index < -0.39 is 5.97 Å². The molecule has 0 bridgehead atoms. The van der Waals surface area contributed by atoms with Gasteiger partial charge in [0.2, 0.25) is 0 Å². The standard InChI is InChI=1S/C10H19NO3/c1-9(2,3)10(5-14-6-10)7(11)4-8(12)13/h7H,4-6,11H2,1-3H3,(H,12,13). The maximum Gasteiger partial charge on any atom is 0.304 e. The predicted molar refractivity (Wildman–Crippen MR) is 52.9 cm³/mol. The summed E-state index contributed by atoms with van der Waals surface area (Å²) < 4.78 is 5.19. The Kier molecular flexibility index (Phi) is 2.88. The van der Waals surface area contributed by atoms with Gasteiger partial charge in [-0.05, 0) is 5.41 Å².